The highest BCUT2D eigenvalue weighted by atomic mass is 32.2. The molecule has 4 N–H and O–H groups in total. The van der Waals surface area contributed by atoms with Gasteiger partial charge < -0.3 is 25.0 Å². The summed E-state index contributed by atoms with van der Waals surface area (Å²) in [6.07, 6.45) is 4.72. The van der Waals surface area contributed by atoms with E-state index in [-0.39, 0.29) is 48.8 Å². The molecule has 1 heterocycles. The van der Waals surface area contributed by atoms with Gasteiger partial charge >= 0.3 is 6.09 Å². The van der Waals surface area contributed by atoms with Gasteiger partial charge in [-0.25, -0.2) is 4.79 Å². The van der Waals surface area contributed by atoms with Crippen LogP contribution in [0.2, 0.25) is 0 Å². The lowest BCUT2D eigenvalue weighted by Gasteiger charge is -2.60. The van der Waals surface area contributed by atoms with Gasteiger partial charge in [-0.2, -0.15) is 0 Å². The Balaban J connectivity index is 1.49. The first kappa shape index (κ1) is 28.2. The Morgan fingerprint density at radius 1 is 1.19 bits per heavy atom. The molecule has 1 aromatic carbocycles. The van der Waals surface area contributed by atoms with Gasteiger partial charge in [-0.15, -0.1) is 11.8 Å². The van der Waals surface area contributed by atoms with E-state index >= 15 is 0 Å². The van der Waals surface area contributed by atoms with E-state index in [1.165, 1.54) is 0 Å². The van der Waals surface area contributed by atoms with Crippen LogP contribution < -0.4 is 5.32 Å². The average Bonchev–Trinajstić information content (AvgIpc) is 3.37. The minimum atomic E-state index is -0.700. The standard InChI is InChI=1S/C28H42N2O6S/c1-27-12-11-24(36-26(35)29-18-6-4-8-20(14-18)37-3)28(2,17-32)23(27)10-9-22(33)21(27)15-25(34)30-13-5-7-19(30)16-31/h4,6,8,14,19,21-24,31-33H,5,7,9-13,15-17H2,1-3H3,(H,29,35)/t19-,21+,22+,23?,24+,27-,28-/m0/s1. The van der Waals surface area contributed by atoms with Gasteiger partial charge in [0.25, 0.3) is 0 Å². The molecule has 4 rings (SSSR count). The van der Waals surface area contributed by atoms with Crippen LogP contribution in [0.1, 0.15) is 58.8 Å². The maximum Gasteiger partial charge on any atom is 0.411 e. The number of amides is 2. The quantitative estimate of drug-likeness (QED) is 0.392. The first-order chi connectivity index (χ1) is 17.7. The highest BCUT2D eigenvalue weighted by Crippen LogP contribution is 2.61. The molecule has 1 aliphatic heterocycles. The Morgan fingerprint density at radius 3 is 2.68 bits per heavy atom. The van der Waals surface area contributed by atoms with Crippen molar-refractivity contribution >= 4 is 29.4 Å². The van der Waals surface area contributed by atoms with Gasteiger partial charge in [0.1, 0.15) is 6.10 Å². The maximum atomic E-state index is 13.3. The van der Waals surface area contributed by atoms with Crippen LogP contribution in [0, 0.1) is 22.7 Å². The van der Waals surface area contributed by atoms with Crippen LogP contribution in [-0.2, 0) is 9.53 Å². The molecule has 3 fully saturated rings. The summed E-state index contributed by atoms with van der Waals surface area (Å²) in [5.74, 6) is -0.295. The summed E-state index contributed by atoms with van der Waals surface area (Å²) >= 11 is 1.59. The van der Waals surface area contributed by atoms with Crippen molar-refractivity contribution in [2.24, 2.45) is 22.7 Å². The van der Waals surface area contributed by atoms with E-state index in [0.29, 0.717) is 37.9 Å². The van der Waals surface area contributed by atoms with E-state index in [0.717, 1.165) is 17.7 Å². The normalized spacial score (nSPS) is 35.6. The molecule has 0 aromatic heterocycles. The Kier molecular flexibility index (Phi) is 8.78. The number of anilines is 1. The number of hydrogen-bond acceptors (Lipinski definition) is 7. The number of nitrogens with zero attached hydrogens (tertiary/aromatic N) is 1. The molecule has 9 heteroatoms. The van der Waals surface area contributed by atoms with Crippen LogP contribution >= 0.6 is 11.8 Å². The van der Waals surface area contributed by atoms with Gasteiger partial charge in [0.2, 0.25) is 5.91 Å². The first-order valence-electron chi connectivity index (χ1n) is 13.5. The van der Waals surface area contributed by atoms with Gasteiger partial charge in [0, 0.05) is 29.0 Å². The third-order valence-electron chi connectivity index (χ3n) is 9.54. The van der Waals surface area contributed by atoms with Gasteiger partial charge in [-0.1, -0.05) is 19.9 Å². The van der Waals surface area contributed by atoms with Crippen molar-refractivity contribution in [2.75, 3.05) is 31.3 Å². The molecule has 7 atom stereocenters. The molecule has 2 amide bonds. The SMILES string of the molecule is CSc1cccc(NC(=O)O[C@@H]2CC[C@]3(C)C(CC[C@@H](O)[C@H]3CC(=O)N3CCC[C@H]3CO)[C@]2(C)CO)c1. The van der Waals surface area contributed by atoms with Crippen molar-refractivity contribution in [1.29, 1.82) is 0 Å². The highest BCUT2D eigenvalue weighted by molar-refractivity contribution is 7.98. The van der Waals surface area contributed by atoms with Gasteiger partial charge in [0.15, 0.2) is 0 Å². The van der Waals surface area contributed by atoms with Crippen molar-refractivity contribution < 1.29 is 29.6 Å². The molecule has 0 spiro atoms. The zero-order valence-electron chi connectivity index (χ0n) is 22.2. The van der Waals surface area contributed by atoms with Crippen LogP contribution in [0.5, 0.6) is 0 Å². The minimum Gasteiger partial charge on any atom is -0.445 e. The number of carbonyl (C=O) groups is 2. The second-order valence-electron chi connectivity index (χ2n) is 11.5. The predicted octanol–water partition coefficient (Wildman–Crippen LogP) is 3.88. The number of likely N-dealkylation sites (tertiary alicyclic amines) is 1. The fourth-order valence-corrected chi connectivity index (χ4v) is 7.88. The summed E-state index contributed by atoms with van der Waals surface area (Å²) in [6.45, 7) is 4.56. The zero-order valence-corrected chi connectivity index (χ0v) is 23.0. The molecule has 0 radical (unpaired) electrons. The largest absolute Gasteiger partial charge is 0.445 e. The predicted molar refractivity (Wildman–Crippen MR) is 143 cm³/mol. The summed E-state index contributed by atoms with van der Waals surface area (Å²) in [5.41, 5.74) is -0.429. The van der Waals surface area contributed by atoms with Gasteiger partial charge in [-0.05, 0) is 80.2 Å². The molecule has 8 nitrogen and oxygen atoms in total. The topological polar surface area (TPSA) is 119 Å². The molecule has 0 bridgehead atoms. The lowest BCUT2D eigenvalue weighted by atomic mass is 9.46. The molecule has 1 aromatic rings. The van der Waals surface area contributed by atoms with Crippen LogP contribution in [0.15, 0.2) is 29.2 Å². The Bertz CT molecular complexity index is 978. The molecular weight excluding hydrogens is 492 g/mol. The van der Waals surface area contributed by atoms with Crippen LogP contribution in [0.25, 0.3) is 0 Å². The first-order valence-corrected chi connectivity index (χ1v) is 14.7. The number of benzene rings is 1. The van der Waals surface area contributed by atoms with Crippen molar-refractivity contribution in [3.8, 4) is 0 Å². The van der Waals surface area contributed by atoms with Crippen molar-refractivity contribution in [3.63, 3.8) is 0 Å². The molecule has 2 aliphatic carbocycles. The van der Waals surface area contributed by atoms with Gasteiger partial charge in [0.05, 0.1) is 25.4 Å². The summed E-state index contributed by atoms with van der Waals surface area (Å²) in [6, 6.07) is 7.42. The lowest BCUT2D eigenvalue weighted by molar-refractivity contribution is -0.186. The molecular formula is C28H42N2O6S. The Labute approximate surface area is 224 Å². The van der Waals surface area contributed by atoms with Crippen LogP contribution in [-0.4, -0.2) is 76.5 Å². The summed E-state index contributed by atoms with van der Waals surface area (Å²) in [5, 5.41) is 34.2. The molecule has 1 saturated heterocycles. The zero-order chi connectivity index (χ0) is 26.8. The second kappa shape index (κ2) is 11.5. The summed E-state index contributed by atoms with van der Waals surface area (Å²) in [4.78, 5) is 28.9. The molecule has 37 heavy (non-hydrogen) atoms. The van der Waals surface area contributed by atoms with E-state index in [2.05, 4.69) is 12.2 Å². The second-order valence-corrected chi connectivity index (χ2v) is 12.4. The molecule has 206 valence electrons. The molecule has 1 unspecified atom stereocenters. The average molecular weight is 535 g/mol. The summed E-state index contributed by atoms with van der Waals surface area (Å²) in [7, 11) is 0. The van der Waals surface area contributed by atoms with Crippen molar-refractivity contribution in [3.05, 3.63) is 24.3 Å². The Hall–Kier alpha value is -1.81. The number of aliphatic hydroxyl groups is 3. The number of rotatable bonds is 7. The number of thioether (sulfide) groups is 1. The highest BCUT2D eigenvalue weighted by Gasteiger charge is 2.60. The fourth-order valence-electron chi connectivity index (χ4n) is 7.42. The van der Waals surface area contributed by atoms with Crippen LogP contribution in [0.3, 0.4) is 0 Å². The summed E-state index contributed by atoms with van der Waals surface area (Å²) < 4.78 is 5.94. The minimum absolute atomic E-state index is 0.0154. The number of hydrogen-bond donors (Lipinski definition) is 4. The van der Waals surface area contributed by atoms with E-state index in [4.69, 9.17) is 4.74 Å². The van der Waals surface area contributed by atoms with Crippen molar-refractivity contribution in [1.82, 2.24) is 4.90 Å². The number of nitrogens with one attached hydrogen (secondary N) is 1. The monoisotopic (exact) mass is 534 g/mol. The number of fused-ring (bicyclic) bond motifs is 1. The van der Waals surface area contributed by atoms with E-state index in [1.807, 2.05) is 37.4 Å². The van der Waals surface area contributed by atoms with Crippen molar-refractivity contribution in [2.45, 2.75) is 81.9 Å². The Morgan fingerprint density at radius 2 is 1.97 bits per heavy atom. The third-order valence-corrected chi connectivity index (χ3v) is 10.3. The van der Waals surface area contributed by atoms with E-state index in [1.54, 1.807) is 16.7 Å². The van der Waals surface area contributed by atoms with Crippen LogP contribution in [0.4, 0.5) is 10.5 Å². The molecule has 3 aliphatic rings. The number of aliphatic hydroxyl groups excluding tert-OH is 3. The maximum absolute atomic E-state index is 13.3. The number of carbonyl (C=O) groups excluding carboxylic acids is 2. The fraction of sp³-hybridized carbons (Fsp3) is 0.714. The lowest BCUT2D eigenvalue weighted by Crippen LogP contribution is -2.61. The van der Waals surface area contributed by atoms with E-state index < -0.39 is 23.7 Å². The molecule has 2 saturated carbocycles. The third kappa shape index (κ3) is 5.51. The van der Waals surface area contributed by atoms with Gasteiger partial charge in [-0.3, -0.25) is 10.1 Å². The van der Waals surface area contributed by atoms with E-state index in [9.17, 15) is 24.9 Å². The number of ether oxygens (including phenoxy) is 1. The smallest absolute Gasteiger partial charge is 0.411 e.